The summed E-state index contributed by atoms with van der Waals surface area (Å²) in [6, 6.07) is 7.83. The Morgan fingerprint density at radius 2 is 1.94 bits per heavy atom. The van der Waals surface area contributed by atoms with Crippen LogP contribution in [-0.4, -0.2) is 4.21 Å². The first-order valence-corrected chi connectivity index (χ1v) is 7.97. The summed E-state index contributed by atoms with van der Waals surface area (Å²) in [6.07, 6.45) is 4.56. The van der Waals surface area contributed by atoms with Crippen LogP contribution >= 0.6 is 15.9 Å². The normalized spacial score (nSPS) is 13.7. The number of unbranched alkanes of at least 4 members (excludes halogenated alkanes) is 2. The molecule has 0 saturated carbocycles. The largest absolute Gasteiger partial charge is 0.250 e. The fourth-order valence-electron chi connectivity index (χ4n) is 1.46. The highest BCUT2D eigenvalue weighted by atomic mass is 79.9. The van der Waals surface area contributed by atoms with Crippen molar-refractivity contribution in [2.75, 3.05) is 0 Å². The second-order valence-corrected chi connectivity index (χ2v) is 6.45. The molecule has 17 heavy (non-hydrogen) atoms. The average molecular weight is 315 g/mol. The van der Waals surface area contributed by atoms with Gasteiger partial charge in [0, 0.05) is 14.8 Å². The number of hydrogen-bond acceptors (Lipinski definition) is 1. The van der Waals surface area contributed by atoms with Crippen LogP contribution in [0, 0.1) is 6.92 Å². The van der Waals surface area contributed by atoms with Crippen LogP contribution in [0.25, 0.3) is 0 Å². The second kappa shape index (κ2) is 7.83. The summed E-state index contributed by atoms with van der Waals surface area (Å²) in [4.78, 5) is 0.864. The van der Waals surface area contributed by atoms with E-state index in [1.165, 1.54) is 18.4 Å². The molecule has 1 nitrogen and oxygen atoms in total. The minimum absolute atomic E-state index is 0.864. The van der Waals surface area contributed by atoms with E-state index >= 15 is 0 Å². The summed E-state index contributed by atoms with van der Waals surface area (Å²) in [6.45, 7) is 4.21. The topological polar surface area (TPSA) is 17.1 Å². The highest BCUT2D eigenvalue weighted by Gasteiger charge is 2.01. The summed E-state index contributed by atoms with van der Waals surface area (Å²) in [7, 11) is -1.04. The molecule has 0 fully saturated rings. The zero-order valence-electron chi connectivity index (χ0n) is 10.4. The molecule has 1 unspecified atom stereocenters. The summed E-state index contributed by atoms with van der Waals surface area (Å²) in [5.41, 5.74) is 1.19. The van der Waals surface area contributed by atoms with Gasteiger partial charge in [0.25, 0.3) is 0 Å². The minimum atomic E-state index is -1.04. The van der Waals surface area contributed by atoms with E-state index in [4.69, 9.17) is 0 Å². The Morgan fingerprint density at radius 3 is 2.53 bits per heavy atom. The van der Waals surface area contributed by atoms with Crippen LogP contribution in [0.2, 0.25) is 0 Å². The number of halogens is 1. The van der Waals surface area contributed by atoms with Gasteiger partial charge in [-0.05, 0) is 31.9 Å². The predicted octanol–water partition coefficient (Wildman–Crippen LogP) is 4.92. The van der Waals surface area contributed by atoms with Gasteiger partial charge in [0.05, 0.1) is 10.8 Å². The minimum Gasteiger partial charge on any atom is -0.250 e. The third kappa shape index (κ3) is 5.64. The highest BCUT2D eigenvalue weighted by Crippen LogP contribution is 2.18. The fraction of sp³-hybridized carbons (Fsp3) is 0.429. The fourth-order valence-corrected chi connectivity index (χ4v) is 3.14. The first kappa shape index (κ1) is 14.7. The van der Waals surface area contributed by atoms with Crippen LogP contribution in [-0.2, 0) is 10.8 Å². The number of benzene rings is 1. The average Bonchev–Trinajstić information content (AvgIpc) is 2.30. The Morgan fingerprint density at radius 1 is 1.29 bits per heavy atom. The third-order valence-corrected chi connectivity index (χ3v) is 4.67. The van der Waals surface area contributed by atoms with Crippen LogP contribution in [0.1, 0.15) is 38.2 Å². The standard InChI is InChI=1S/C14H19BrOS/c1-3-4-5-6-13(15)11-17(16)14-9-7-12(2)8-10-14/h7-11H,3-6H2,1-2H3/b13-11+. The van der Waals surface area contributed by atoms with Crippen LogP contribution in [0.5, 0.6) is 0 Å². The van der Waals surface area contributed by atoms with E-state index in [9.17, 15) is 4.21 Å². The highest BCUT2D eigenvalue weighted by molar-refractivity contribution is 9.11. The van der Waals surface area contributed by atoms with Gasteiger partial charge in [-0.3, -0.25) is 0 Å². The number of allylic oxidation sites excluding steroid dienone is 1. The zero-order valence-corrected chi connectivity index (χ0v) is 12.8. The quantitative estimate of drug-likeness (QED) is 0.681. The number of aryl methyl sites for hydroxylation is 1. The molecule has 0 spiro atoms. The van der Waals surface area contributed by atoms with Gasteiger partial charge >= 0.3 is 0 Å². The molecular formula is C14H19BrOS. The van der Waals surface area contributed by atoms with Crippen molar-refractivity contribution in [2.24, 2.45) is 0 Å². The van der Waals surface area contributed by atoms with Gasteiger partial charge in [-0.25, -0.2) is 4.21 Å². The van der Waals surface area contributed by atoms with Crippen molar-refractivity contribution in [2.45, 2.75) is 44.4 Å². The summed E-state index contributed by atoms with van der Waals surface area (Å²) in [5, 5.41) is 1.81. The zero-order chi connectivity index (χ0) is 12.7. The van der Waals surface area contributed by atoms with Gasteiger partial charge in [-0.15, -0.1) is 0 Å². The number of hydrogen-bond donors (Lipinski definition) is 0. The molecule has 1 aromatic rings. The van der Waals surface area contributed by atoms with Crippen molar-refractivity contribution >= 4 is 26.7 Å². The van der Waals surface area contributed by atoms with Crippen LogP contribution in [0.15, 0.2) is 39.1 Å². The van der Waals surface area contributed by atoms with E-state index in [2.05, 4.69) is 22.9 Å². The molecule has 0 heterocycles. The van der Waals surface area contributed by atoms with Crippen molar-refractivity contribution in [3.63, 3.8) is 0 Å². The third-order valence-electron chi connectivity index (χ3n) is 2.51. The number of rotatable bonds is 6. The van der Waals surface area contributed by atoms with Crippen molar-refractivity contribution < 1.29 is 4.21 Å². The van der Waals surface area contributed by atoms with Crippen LogP contribution < -0.4 is 0 Å². The molecule has 0 aromatic heterocycles. The Labute approximate surface area is 115 Å². The van der Waals surface area contributed by atoms with Crippen molar-refractivity contribution in [1.82, 2.24) is 0 Å². The molecule has 0 saturated heterocycles. The molecule has 0 aliphatic rings. The summed E-state index contributed by atoms with van der Waals surface area (Å²) in [5.74, 6) is 0. The molecule has 0 amide bonds. The molecule has 0 bridgehead atoms. The maximum atomic E-state index is 12.0. The Balaban J connectivity index is 2.58. The second-order valence-electron chi connectivity index (χ2n) is 4.13. The lowest BCUT2D eigenvalue weighted by Gasteiger charge is -2.00. The predicted molar refractivity (Wildman–Crippen MR) is 78.7 cm³/mol. The van der Waals surface area contributed by atoms with Crippen molar-refractivity contribution in [3.05, 3.63) is 39.7 Å². The summed E-state index contributed by atoms with van der Waals surface area (Å²) < 4.78 is 13.0. The van der Waals surface area contributed by atoms with Gasteiger partial charge in [0.2, 0.25) is 0 Å². The molecule has 1 rings (SSSR count). The molecule has 0 aliphatic carbocycles. The monoisotopic (exact) mass is 314 g/mol. The Hall–Kier alpha value is -0.410. The van der Waals surface area contributed by atoms with Crippen molar-refractivity contribution in [1.29, 1.82) is 0 Å². The molecule has 94 valence electrons. The molecule has 3 heteroatoms. The van der Waals surface area contributed by atoms with Gasteiger partial charge in [-0.1, -0.05) is 53.4 Å². The molecule has 1 atom stereocenters. The smallest absolute Gasteiger partial charge is 0.0784 e. The molecule has 1 aromatic carbocycles. The maximum absolute atomic E-state index is 12.0. The van der Waals surface area contributed by atoms with Gasteiger partial charge in [0.1, 0.15) is 0 Å². The lowest BCUT2D eigenvalue weighted by atomic mass is 10.2. The van der Waals surface area contributed by atoms with E-state index < -0.39 is 10.8 Å². The van der Waals surface area contributed by atoms with Crippen LogP contribution in [0.4, 0.5) is 0 Å². The molecule has 0 aliphatic heterocycles. The molecular weight excluding hydrogens is 296 g/mol. The first-order chi connectivity index (χ1) is 8.13. The van der Waals surface area contributed by atoms with Gasteiger partial charge in [-0.2, -0.15) is 0 Å². The lowest BCUT2D eigenvalue weighted by molar-refractivity contribution is 0.688. The van der Waals surface area contributed by atoms with Crippen molar-refractivity contribution in [3.8, 4) is 0 Å². The van der Waals surface area contributed by atoms with E-state index in [1.54, 1.807) is 5.41 Å². The summed E-state index contributed by atoms with van der Waals surface area (Å²) >= 11 is 3.49. The van der Waals surface area contributed by atoms with E-state index in [1.807, 2.05) is 31.2 Å². The van der Waals surface area contributed by atoms with E-state index in [0.717, 1.165) is 22.2 Å². The first-order valence-electron chi connectivity index (χ1n) is 5.97. The Bertz CT molecular complexity index is 395. The lowest BCUT2D eigenvalue weighted by Crippen LogP contribution is -1.88. The van der Waals surface area contributed by atoms with Crippen LogP contribution in [0.3, 0.4) is 0 Å². The molecule has 0 radical (unpaired) electrons. The van der Waals surface area contributed by atoms with E-state index in [-0.39, 0.29) is 0 Å². The molecule has 0 N–H and O–H groups in total. The Kier molecular flexibility index (Phi) is 6.75. The SMILES string of the molecule is CCCCC/C(Br)=C\S(=O)c1ccc(C)cc1. The van der Waals surface area contributed by atoms with Gasteiger partial charge in [0.15, 0.2) is 0 Å². The van der Waals surface area contributed by atoms with E-state index in [0.29, 0.717) is 0 Å². The van der Waals surface area contributed by atoms with Gasteiger partial charge < -0.3 is 0 Å². The maximum Gasteiger partial charge on any atom is 0.0784 e.